The lowest BCUT2D eigenvalue weighted by Crippen LogP contribution is -2.56. The van der Waals surface area contributed by atoms with Crippen LogP contribution >= 0.6 is 0 Å². The maximum Gasteiger partial charge on any atom is 0.213 e. The van der Waals surface area contributed by atoms with Crippen molar-refractivity contribution in [1.29, 1.82) is 0 Å². The van der Waals surface area contributed by atoms with Gasteiger partial charge in [-0.1, -0.05) is 6.42 Å². The maximum absolute atomic E-state index is 6.09. The minimum atomic E-state index is 0.0407. The van der Waals surface area contributed by atoms with Crippen molar-refractivity contribution in [3.63, 3.8) is 0 Å². The molecule has 0 aromatic carbocycles. The van der Waals surface area contributed by atoms with E-state index in [1.807, 2.05) is 18.3 Å². The Morgan fingerprint density at radius 1 is 1.24 bits per heavy atom. The molecule has 7 heteroatoms. The molecule has 1 aliphatic heterocycles. The lowest BCUT2D eigenvalue weighted by atomic mass is 9.98. The standard InChI is InChI=1S/C22H37N5O2/c1-22(2,27-11-13-28-14-12-27)17-26-21(23-3)25-16-18-9-10-24-20(15-18)29-19-7-5-4-6-8-19/h9-10,15,19H,4-8,11-14,16-17H2,1-3H3,(H2,23,25,26). The van der Waals surface area contributed by atoms with Crippen LogP contribution < -0.4 is 15.4 Å². The Labute approximate surface area is 175 Å². The van der Waals surface area contributed by atoms with Gasteiger partial charge in [0.2, 0.25) is 5.88 Å². The molecular formula is C22H37N5O2. The number of aliphatic imine (C=N–C) groups is 1. The van der Waals surface area contributed by atoms with Gasteiger partial charge in [-0.15, -0.1) is 0 Å². The molecule has 0 spiro atoms. The molecule has 29 heavy (non-hydrogen) atoms. The zero-order valence-electron chi connectivity index (χ0n) is 18.2. The fraction of sp³-hybridized carbons (Fsp3) is 0.727. The second-order valence-corrected chi connectivity index (χ2v) is 8.57. The summed E-state index contributed by atoms with van der Waals surface area (Å²) in [6.45, 7) is 9.59. The number of morpholine rings is 1. The van der Waals surface area contributed by atoms with Gasteiger partial charge in [0.15, 0.2) is 5.96 Å². The molecule has 2 aliphatic rings. The van der Waals surface area contributed by atoms with Gasteiger partial charge in [0.05, 0.1) is 13.2 Å². The zero-order valence-corrected chi connectivity index (χ0v) is 18.2. The Morgan fingerprint density at radius 3 is 2.72 bits per heavy atom. The van der Waals surface area contributed by atoms with Crippen molar-refractivity contribution in [1.82, 2.24) is 20.5 Å². The van der Waals surface area contributed by atoms with E-state index in [2.05, 4.69) is 39.4 Å². The second-order valence-electron chi connectivity index (χ2n) is 8.57. The van der Waals surface area contributed by atoms with Crippen LogP contribution in [0.2, 0.25) is 0 Å². The summed E-state index contributed by atoms with van der Waals surface area (Å²) in [4.78, 5) is 11.2. The third kappa shape index (κ3) is 6.85. The quantitative estimate of drug-likeness (QED) is 0.539. The molecule has 1 aromatic rings. The van der Waals surface area contributed by atoms with E-state index in [0.717, 1.165) is 63.1 Å². The molecule has 3 rings (SSSR count). The van der Waals surface area contributed by atoms with E-state index in [0.29, 0.717) is 12.6 Å². The Hall–Kier alpha value is -1.86. The molecule has 1 saturated heterocycles. The van der Waals surface area contributed by atoms with E-state index in [9.17, 15) is 0 Å². The molecule has 1 aromatic heterocycles. The first-order chi connectivity index (χ1) is 14.1. The topological polar surface area (TPSA) is 71.0 Å². The minimum absolute atomic E-state index is 0.0407. The van der Waals surface area contributed by atoms with Gasteiger partial charge < -0.3 is 20.1 Å². The number of nitrogens with zero attached hydrogens (tertiary/aromatic N) is 3. The summed E-state index contributed by atoms with van der Waals surface area (Å²) in [7, 11) is 1.81. The van der Waals surface area contributed by atoms with Crippen LogP contribution in [0, 0.1) is 0 Å². The highest BCUT2D eigenvalue weighted by molar-refractivity contribution is 5.79. The largest absolute Gasteiger partial charge is 0.474 e. The van der Waals surface area contributed by atoms with Gasteiger partial charge in [-0.25, -0.2) is 4.98 Å². The van der Waals surface area contributed by atoms with Crippen molar-refractivity contribution >= 4 is 5.96 Å². The first-order valence-electron chi connectivity index (χ1n) is 11.0. The first kappa shape index (κ1) is 21.8. The van der Waals surface area contributed by atoms with Crippen LogP contribution in [0.5, 0.6) is 5.88 Å². The molecule has 0 radical (unpaired) electrons. The highest BCUT2D eigenvalue weighted by atomic mass is 16.5. The van der Waals surface area contributed by atoms with Crippen molar-refractivity contribution in [2.75, 3.05) is 39.9 Å². The number of ether oxygens (including phenoxy) is 2. The van der Waals surface area contributed by atoms with Crippen LogP contribution in [-0.4, -0.2) is 67.4 Å². The Morgan fingerprint density at radius 2 is 2.00 bits per heavy atom. The molecule has 0 atom stereocenters. The van der Waals surface area contributed by atoms with E-state index in [4.69, 9.17) is 9.47 Å². The molecule has 1 aliphatic carbocycles. The summed E-state index contributed by atoms with van der Waals surface area (Å²) in [6.07, 6.45) is 8.26. The lowest BCUT2D eigenvalue weighted by molar-refractivity contribution is -0.00834. The third-order valence-corrected chi connectivity index (χ3v) is 5.88. The van der Waals surface area contributed by atoms with Crippen molar-refractivity contribution in [2.24, 2.45) is 4.99 Å². The first-order valence-corrected chi connectivity index (χ1v) is 11.0. The Kier molecular flexibility index (Phi) is 8.12. The van der Waals surface area contributed by atoms with Crippen LogP contribution in [0.3, 0.4) is 0 Å². The van der Waals surface area contributed by atoms with Crippen LogP contribution in [0.1, 0.15) is 51.5 Å². The number of hydrogen-bond acceptors (Lipinski definition) is 5. The Balaban J connectivity index is 1.47. The molecule has 2 fully saturated rings. The van der Waals surface area contributed by atoms with Gasteiger partial charge in [-0.2, -0.15) is 0 Å². The van der Waals surface area contributed by atoms with Crippen molar-refractivity contribution in [3.05, 3.63) is 23.9 Å². The molecule has 7 nitrogen and oxygen atoms in total. The summed E-state index contributed by atoms with van der Waals surface area (Å²) in [5.41, 5.74) is 1.18. The van der Waals surface area contributed by atoms with E-state index >= 15 is 0 Å². The normalized spacial score (nSPS) is 19.8. The summed E-state index contributed by atoms with van der Waals surface area (Å²) >= 11 is 0. The van der Waals surface area contributed by atoms with Crippen LogP contribution in [0.25, 0.3) is 0 Å². The molecule has 2 heterocycles. The molecule has 2 N–H and O–H groups in total. The predicted octanol–water partition coefficient (Wildman–Crippen LogP) is 2.57. The lowest BCUT2D eigenvalue weighted by Gasteiger charge is -2.41. The minimum Gasteiger partial charge on any atom is -0.474 e. The van der Waals surface area contributed by atoms with Gasteiger partial charge in [-0.3, -0.25) is 9.89 Å². The highest BCUT2D eigenvalue weighted by Crippen LogP contribution is 2.22. The van der Waals surface area contributed by atoms with Crippen molar-refractivity contribution < 1.29 is 9.47 Å². The highest BCUT2D eigenvalue weighted by Gasteiger charge is 2.28. The molecule has 0 amide bonds. The third-order valence-electron chi connectivity index (χ3n) is 5.88. The van der Waals surface area contributed by atoms with Crippen molar-refractivity contribution in [2.45, 2.75) is 64.1 Å². The predicted molar refractivity (Wildman–Crippen MR) is 116 cm³/mol. The monoisotopic (exact) mass is 403 g/mol. The number of rotatable bonds is 7. The van der Waals surface area contributed by atoms with Gasteiger partial charge in [0.25, 0.3) is 0 Å². The van der Waals surface area contributed by atoms with Gasteiger partial charge in [0.1, 0.15) is 6.10 Å². The smallest absolute Gasteiger partial charge is 0.213 e. The molecule has 162 valence electrons. The summed E-state index contributed by atoms with van der Waals surface area (Å²) in [5.74, 6) is 1.53. The van der Waals surface area contributed by atoms with Gasteiger partial charge in [-0.05, 0) is 51.2 Å². The van der Waals surface area contributed by atoms with E-state index in [1.165, 1.54) is 19.3 Å². The zero-order chi connectivity index (χ0) is 20.5. The van der Waals surface area contributed by atoms with E-state index in [-0.39, 0.29) is 5.54 Å². The average molecular weight is 404 g/mol. The summed E-state index contributed by atoms with van der Waals surface area (Å²) < 4.78 is 11.6. The summed E-state index contributed by atoms with van der Waals surface area (Å²) in [5, 5.41) is 6.87. The maximum atomic E-state index is 6.09. The summed E-state index contributed by atoms with van der Waals surface area (Å²) in [6, 6.07) is 4.05. The van der Waals surface area contributed by atoms with Gasteiger partial charge in [0, 0.05) is 51.0 Å². The van der Waals surface area contributed by atoms with Crippen molar-refractivity contribution in [3.8, 4) is 5.88 Å². The number of hydrogen-bond donors (Lipinski definition) is 2. The molecule has 1 saturated carbocycles. The van der Waals surface area contributed by atoms with E-state index < -0.39 is 0 Å². The van der Waals surface area contributed by atoms with Crippen LogP contribution in [0.15, 0.2) is 23.3 Å². The molecular weight excluding hydrogens is 366 g/mol. The van der Waals surface area contributed by atoms with Gasteiger partial charge >= 0.3 is 0 Å². The van der Waals surface area contributed by atoms with Crippen LogP contribution in [0.4, 0.5) is 0 Å². The number of aromatic nitrogens is 1. The van der Waals surface area contributed by atoms with Crippen LogP contribution in [-0.2, 0) is 11.3 Å². The van der Waals surface area contributed by atoms with E-state index in [1.54, 1.807) is 7.05 Å². The Bertz CT molecular complexity index is 652. The molecule has 0 bridgehead atoms. The average Bonchev–Trinajstić information content (AvgIpc) is 2.75. The SMILES string of the molecule is CN=C(NCc1ccnc(OC2CCCCC2)c1)NCC(C)(C)N1CCOCC1. The fourth-order valence-corrected chi connectivity index (χ4v) is 3.97. The fourth-order valence-electron chi connectivity index (χ4n) is 3.97. The number of nitrogens with one attached hydrogen (secondary N) is 2. The number of pyridine rings is 1. The number of guanidine groups is 1. The second kappa shape index (κ2) is 10.8. The molecule has 0 unspecified atom stereocenters.